The summed E-state index contributed by atoms with van der Waals surface area (Å²) in [5.74, 6) is 0.482. The molecule has 174 valence electrons. The second-order valence-corrected chi connectivity index (χ2v) is 8.31. The van der Waals surface area contributed by atoms with E-state index in [1.54, 1.807) is 54.6 Å². The average Bonchev–Trinajstić information content (AvgIpc) is 2.85. The van der Waals surface area contributed by atoms with Gasteiger partial charge in [0, 0.05) is 23.9 Å². The summed E-state index contributed by atoms with van der Waals surface area (Å²) < 4.78 is 25.3. The number of fused-ring (bicyclic) bond motifs is 1. The van der Waals surface area contributed by atoms with Gasteiger partial charge in [0.05, 0.1) is 37.4 Å². The Morgan fingerprint density at radius 3 is 2.38 bits per heavy atom. The van der Waals surface area contributed by atoms with Gasteiger partial charge in [0.2, 0.25) is 5.91 Å². The Morgan fingerprint density at radius 2 is 1.71 bits per heavy atom. The van der Waals surface area contributed by atoms with Crippen molar-refractivity contribution in [2.45, 2.75) is 11.7 Å². The van der Waals surface area contributed by atoms with Crippen molar-refractivity contribution < 1.29 is 18.7 Å². The maximum atomic E-state index is 13.3. The molecule has 34 heavy (non-hydrogen) atoms. The number of hydrogen-bond donors (Lipinski definition) is 1. The fourth-order valence-corrected chi connectivity index (χ4v) is 4.17. The number of nitrogens with zero attached hydrogens (tertiary/aromatic N) is 2. The number of benzene rings is 3. The van der Waals surface area contributed by atoms with Crippen LogP contribution in [0.4, 0.5) is 10.1 Å². The van der Waals surface area contributed by atoms with Crippen LogP contribution in [0, 0.1) is 5.82 Å². The topological polar surface area (TPSA) is 82.5 Å². The van der Waals surface area contributed by atoms with Gasteiger partial charge in [-0.2, -0.15) is 0 Å². The molecule has 0 aliphatic carbocycles. The Kier molecular flexibility index (Phi) is 7.12. The van der Waals surface area contributed by atoms with Crippen LogP contribution < -0.4 is 20.3 Å². The SMILES string of the molecule is COc1cc(NC(=O)CSc2nc3ccccc3c(=O)n2Cc2ccc(F)cc2)cc(OC)c1. The highest BCUT2D eigenvalue weighted by Crippen LogP contribution is 2.26. The number of carbonyl (C=O) groups is 1. The van der Waals surface area contributed by atoms with Gasteiger partial charge in [-0.25, -0.2) is 9.37 Å². The van der Waals surface area contributed by atoms with Gasteiger partial charge >= 0.3 is 0 Å². The summed E-state index contributed by atoms with van der Waals surface area (Å²) in [6, 6.07) is 18.0. The molecule has 4 aromatic rings. The van der Waals surface area contributed by atoms with Crippen LogP contribution in [-0.2, 0) is 11.3 Å². The quantitative estimate of drug-likeness (QED) is 0.299. The van der Waals surface area contributed by atoms with Crippen LogP contribution in [0.5, 0.6) is 11.5 Å². The molecule has 0 bridgehead atoms. The first-order valence-electron chi connectivity index (χ1n) is 10.4. The van der Waals surface area contributed by atoms with Gasteiger partial charge in [-0.05, 0) is 29.8 Å². The van der Waals surface area contributed by atoms with Crippen LogP contribution >= 0.6 is 11.8 Å². The average molecular weight is 480 g/mol. The molecule has 0 atom stereocenters. The molecule has 0 saturated heterocycles. The Balaban J connectivity index is 1.59. The lowest BCUT2D eigenvalue weighted by molar-refractivity contribution is -0.113. The predicted octanol–water partition coefficient (Wildman–Crippen LogP) is 4.33. The zero-order valence-corrected chi connectivity index (χ0v) is 19.4. The Bertz CT molecular complexity index is 1370. The number of carbonyl (C=O) groups excluding carboxylic acids is 1. The number of anilines is 1. The van der Waals surface area contributed by atoms with Crippen molar-refractivity contribution in [3.8, 4) is 11.5 Å². The molecular formula is C25H22FN3O4S. The number of para-hydroxylation sites is 1. The summed E-state index contributed by atoms with van der Waals surface area (Å²) in [6.07, 6.45) is 0. The number of rotatable bonds is 8. The van der Waals surface area contributed by atoms with Crippen LogP contribution in [-0.4, -0.2) is 35.4 Å². The van der Waals surface area contributed by atoms with E-state index >= 15 is 0 Å². The standard InChI is InChI=1S/C25H22FN3O4S/c1-32-19-11-18(12-20(13-19)33-2)27-23(30)15-34-25-28-22-6-4-3-5-21(22)24(31)29(25)14-16-7-9-17(26)10-8-16/h3-13H,14-15H2,1-2H3,(H,27,30). The number of thioether (sulfide) groups is 1. The molecule has 0 unspecified atom stereocenters. The molecule has 4 rings (SSSR count). The highest BCUT2D eigenvalue weighted by atomic mass is 32.2. The van der Waals surface area contributed by atoms with Gasteiger partial charge in [0.25, 0.3) is 5.56 Å². The molecule has 0 spiro atoms. The van der Waals surface area contributed by atoms with E-state index in [1.165, 1.54) is 30.9 Å². The molecule has 1 heterocycles. The molecule has 3 aromatic carbocycles. The molecule has 9 heteroatoms. The number of nitrogens with one attached hydrogen (secondary N) is 1. The van der Waals surface area contributed by atoms with E-state index < -0.39 is 0 Å². The first kappa shape index (κ1) is 23.3. The Hall–Kier alpha value is -3.85. The molecule has 1 amide bonds. The van der Waals surface area contributed by atoms with E-state index in [0.29, 0.717) is 33.2 Å². The molecule has 1 aromatic heterocycles. The van der Waals surface area contributed by atoms with Gasteiger partial charge in [0.15, 0.2) is 5.16 Å². The zero-order chi connectivity index (χ0) is 24.1. The van der Waals surface area contributed by atoms with Crippen LogP contribution in [0.25, 0.3) is 10.9 Å². The van der Waals surface area contributed by atoms with E-state index in [9.17, 15) is 14.0 Å². The normalized spacial score (nSPS) is 10.8. The van der Waals surface area contributed by atoms with Crippen molar-refractivity contribution in [1.29, 1.82) is 0 Å². The zero-order valence-electron chi connectivity index (χ0n) is 18.6. The molecule has 0 fully saturated rings. The van der Waals surface area contributed by atoms with Crippen molar-refractivity contribution in [2.24, 2.45) is 0 Å². The minimum absolute atomic E-state index is 0.0216. The first-order valence-corrected chi connectivity index (χ1v) is 11.3. The van der Waals surface area contributed by atoms with Crippen molar-refractivity contribution in [2.75, 3.05) is 25.3 Å². The van der Waals surface area contributed by atoms with Gasteiger partial charge in [-0.3, -0.25) is 14.2 Å². The lowest BCUT2D eigenvalue weighted by Crippen LogP contribution is -2.25. The van der Waals surface area contributed by atoms with Crippen molar-refractivity contribution in [3.63, 3.8) is 0 Å². The number of halogens is 1. The molecule has 1 N–H and O–H groups in total. The number of methoxy groups -OCH3 is 2. The van der Waals surface area contributed by atoms with Crippen molar-refractivity contribution in [1.82, 2.24) is 9.55 Å². The van der Waals surface area contributed by atoms with E-state index in [0.717, 1.165) is 17.3 Å². The van der Waals surface area contributed by atoms with Crippen LogP contribution in [0.3, 0.4) is 0 Å². The number of aromatic nitrogens is 2. The van der Waals surface area contributed by atoms with Gasteiger partial charge in [-0.15, -0.1) is 0 Å². The third kappa shape index (κ3) is 5.37. The van der Waals surface area contributed by atoms with Gasteiger partial charge < -0.3 is 14.8 Å². The molecule has 0 aliphatic rings. The molecule has 0 saturated carbocycles. The second-order valence-electron chi connectivity index (χ2n) is 7.37. The van der Waals surface area contributed by atoms with E-state index in [-0.39, 0.29) is 29.6 Å². The molecule has 7 nitrogen and oxygen atoms in total. The molecule has 0 radical (unpaired) electrons. The molecule has 0 aliphatic heterocycles. The van der Waals surface area contributed by atoms with Crippen LogP contribution in [0.1, 0.15) is 5.56 Å². The first-order chi connectivity index (χ1) is 16.5. The minimum atomic E-state index is -0.354. The number of ether oxygens (including phenoxy) is 2. The third-order valence-electron chi connectivity index (χ3n) is 5.05. The largest absolute Gasteiger partial charge is 0.497 e. The minimum Gasteiger partial charge on any atom is -0.497 e. The Labute approximate surface area is 199 Å². The number of amides is 1. The summed E-state index contributed by atoms with van der Waals surface area (Å²) in [5.41, 5.74) is 1.59. The maximum Gasteiger partial charge on any atom is 0.262 e. The van der Waals surface area contributed by atoms with Crippen molar-refractivity contribution in [3.05, 3.63) is 88.5 Å². The van der Waals surface area contributed by atoms with E-state index in [2.05, 4.69) is 10.3 Å². The van der Waals surface area contributed by atoms with Crippen LogP contribution in [0.15, 0.2) is 76.7 Å². The van der Waals surface area contributed by atoms with Gasteiger partial charge in [-0.1, -0.05) is 36.0 Å². The second kappa shape index (κ2) is 10.4. The highest BCUT2D eigenvalue weighted by molar-refractivity contribution is 7.99. The lowest BCUT2D eigenvalue weighted by atomic mass is 10.2. The third-order valence-corrected chi connectivity index (χ3v) is 6.02. The maximum absolute atomic E-state index is 13.3. The lowest BCUT2D eigenvalue weighted by Gasteiger charge is -2.14. The number of hydrogen-bond acceptors (Lipinski definition) is 6. The summed E-state index contributed by atoms with van der Waals surface area (Å²) in [5, 5.41) is 3.68. The summed E-state index contributed by atoms with van der Waals surface area (Å²) in [6.45, 7) is 0.202. The molecular weight excluding hydrogens is 457 g/mol. The Morgan fingerprint density at radius 1 is 1.03 bits per heavy atom. The van der Waals surface area contributed by atoms with Crippen LogP contribution in [0.2, 0.25) is 0 Å². The highest BCUT2D eigenvalue weighted by Gasteiger charge is 2.14. The summed E-state index contributed by atoms with van der Waals surface area (Å²) in [4.78, 5) is 30.5. The fourth-order valence-electron chi connectivity index (χ4n) is 3.38. The predicted molar refractivity (Wildman–Crippen MR) is 130 cm³/mol. The smallest absolute Gasteiger partial charge is 0.262 e. The van der Waals surface area contributed by atoms with E-state index in [4.69, 9.17) is 9.47 Å². The van der Waals surface area contributed by atoms with Gasteiger partial charge in [0.1, 0.15) is 17.3 Å². The van der Waals surface area contributed by atoms with Crippen molar-refractivity contribution >= 4 is 34.3 Å². The summed E-state index contributed by atoms with van der Waals surface area (Å²) >= 11 is 1.15. The van der Waals surface area contributed by atoms with E-state index in [1.807, 2.05) is 0 Å². The summed E-state index contributed by atoms with van der Waals surface area (Å²) in [7, 11) is 3.06. The fraction of sp³-hybridized carbons (Fsp3) is 0.160. The monoisotopic (exact) mass is 479 g/mol.